The largest absolute Gasteiger partial charge is 0.477 e. The van der Waals surface area contributed by atoms with Crippen molar-refractivity contribution in [3.05, 3.63) is 21.9 Å². The number of hydrogen-bond acceptors (Lipinski definition) is 4. The lowest BCUT2D eigenvalue weighted by atomic mass is 10.3. The fourth-order valence-electron chi connectivity index (χ4n) is 1.57. The molecule has 1 aromatic rings. The van der Waals surface area contributed by atoms with E-state index in [0.717, 1.165) is 4.88 Å². The highest BCUT2D eigenvalue weighted by atomic mass is 32.1. The lowest BCUT2D eigenvalue weighted by Crippen LogP contribution is -2.35. The van der Waals surface area contributed by atoms with E-state index in [1.807, 2.05) is 0 Å². The molecule has 0 saturated carbocycles. The summed E-state index contributed by atoms with van der Waals surface area (Å²) in [5.41, 5.74) is 2.98. The molecule has 1 fully saturated rings. The van der Waals surface area contributed by atoms with Crippen molar-refractivity contribution in [1.29, 1.82) is 0 Å². The van der Waals surface area contributed by atoms with Crippen molar-refractivity contribution >= 4 is 23.2 Å². The Hall–Kier alpha value is -1.40. The standard InChI is InChI=1S/C10H12N2O3S/c13-9-3-5-11-12(9)6-4-7-1-2-8(16-7)10(14)15/h1-2,11H,3-6H2,(H,14,15). The first kappa shape index (κ1) is 11.1. The number of aromatic carboxylic acids is 1. The third-order valence-electron chi connectivity index (χ3n) is 2.40. The van der Waals surface area contributed by atoms with E-state index in [1.165, 1.54) is 11.3 Å². The number of amides is 1. The smallest absolute Gasteiger partial charge is 0.345 e. The maximum atomic E-state index is 11.3. The average Bonchev–Trinajstić information content (AvgIpc) is 2.83. The zero-order valence-electron chi connectivity index (χ0n) is 8.60. The van der Waals surface area contributed by atoms with Crippen LogP contribution in [0.3, 0.4) is 0 Å². The second kappa shape index (κ2) is 4.63. The summed E-state index contributed by atoms with van der Waals surface area (Å²) in [6, 6.07) is 3.40. The van der Waals surface area contributed by atoms with Gasteiger partial charge in [-0.25, -0.2) is 10.2 Å². The molecular weight excluding hydrogens is 228 g/mol. The van der Waals surface area contributed by atoms with Crippen LogP contribution in [0.15, 0.2) is 12.1 Å². The Kier molecular flexibility index (Phi) is 3.21. The molecule has 2 rings (SSSR count). The van der Waals surface area contributed by atoms with Gasteiger partial charge in [0.05, 0.1) is 0 Å². The molecule has 0 unspecified atom stereocenters. The van der Waals surface area contributed by atoms with Crippen LogP contribution in [0.1, 0.15) is 21.0 Å². The van der Waals surface area contributed by atoms with Crippen LogP contribution in [0.5, 0.6) is 0 Å². The SMILES string of the molecule is O=C(O)c1ccc(CCN2NCCC2=O)s1. The van der Waals surface area contributed by atoms with Crippen LogP contribution in [-0.2, 0) is 11.2 Å². The van der Waals surface area contributed by atoms with Crippen LogP contribution in [0, 0.1) is 0 Å². The number of carbonyl (C=O) groups excluding carboxylic acids is 1. The Morgan fingerprint density at radius 2 is 2.38 bits per heavy atom. The maximum Gasteiger partial charge on any atom is 0.345 e. The third-order valence-corrected chi connectivity index (χ3v) is 3.53. The number of carboxylic acid groups (broad SMARTS) is 1. The van der Waals surface area contributed by atoms with E-state index in [0.29, 0.717) is 30.8 Å². The quantitative estimate of drug-likeness (QED) is 0.814. The summed E-state index contributed by atoms with van der Waals surface area (Å²) in [4.78, 5) is 23.3. The summed E-state index contributed by atoms with van der Waals surface area (Å²) in [5, 5.41) is 10.4. The van der Waals surface area contributed by atoms with Crippen molar-refractivity contribution in [3.63, 3.8) is 0 Å². The fraction of sp³-hybridized carbons (Fsp3) is 0.400. The predicted octanol–water partition coefficient (Wildman–Crippen LogP) is 0.726. The molecular formula is C10H12N2O3S. The summed E-state index contributed by atoms with van der Waals surface area (Å²) in [6.07, 6.45) is 1.24. The molecule has 0 aromatic carbocycles. The van der Waals surface area contributed by atoms with Crippen molar-refractivity contribution in [1.82, 2.24) is 10.4 Å². The van der Waals surface area contributed by atoms with E-state index >= 15 is 0 Å². The first-order valence-corrected chi connectivity index (χ1v) is 5.84. The molecule has 86 valence electrons. The number of carbonyl (C=O) groups is 2. The monoisotopic (exact) mass is 240 g/mol. The minimum Gasteiger partial charge on any atom is -0.477 e. The molecule has 1 aliphatic rings. The number of hydrazine groups is 1. The Balaban J connectivity index is 1.89. The number of hydrogen-bond donors (Lipinski definition) is 2. The van der Waals surface area contributed by atoms with E-state index in [1.54, 1.807) is 17.1 Å². The molecule has 1 amide bonds. The molecule has 0 aliphatic carbocycles. The van der Waals surface area contributed by atoms with E-state index in [9.17, 15) is 9.59 Å². The Morgan fingerprint density at radius 3 is 2.94 bits per heavy atom. The van der Waals surface area contributed by atoms with Gasteiger partial charge in [-0.05, 0) is 12.1 Å². The van der Waals surface area contributed by atoms with Gasteiger partial charge in [0.25, 0.3) is 0 Å². The van der Waals surface area contributed by atoms with Gasteiger partial charge in [-0.15, -0.1) is 11.3 Å². The van der Waals surface area contributed by atoms with Crippen molar-refractivity contribution in [2.75, 3.05) is 13.1 Å². The van der Waals surface area contributed by atoms with Crippen molar-refractivity contribution in [2.45, 2.75) is 12.8 Å². The van der Waals surface area contributed by atoms with Crippen LogP contribution in [0.4, 0.5) is 0 Å². The van der Waals surface area contributed by atoms with Crippen molar-refractivity contribution < 1.29 is 14.7 Å². The van der Waals surface area contributed by atoms with Gasteiger partial charge in [-0.2, -0.15) is 0 Å². The highest BCUT2D eigenvalue weighted by molar-refractivity contribution is 7.13. The van der Waals surface area contributed by atoms with Gasteiger partial charge in [0.15, 0.2) is 0 Å². The first-order chi connectivity index (χ1) is 7.66. The van der Waals surface area contributed by atoms with Gasteiger partial charge in [-0.3, -0.25) is 9.80 Å². The molecule has 0 bridgehead atoms. The maximum absolute atomic E-state index is 11.3. The topological polar surface area (TPSA) is 69.6 Å². The summed E-state index contributed by atoms with van der Waals surface area (Å²) in [5.74, 6) is -0.790. The van der Waals surface area contributed by atoms with Crippen LogP contribution < -0.4 is 5.43 Å². The van der Waals surface area contributed by atoms with E-state index in [2.05, 4.69) is 5.43 Å². The number of nitrogens with one attached hydrogen (secondary N) is 1. The first-order valence-electron chi connectivity index (χ1n) is 5.02. The lowest BCUT2D eigenvalue weighted by molar-refractivity contribution is -0.129. The number of rotatable bonds is 4. The highest BCUT2D eigenvalue weighted by Gasteiger charge is 2.19. The van der Waals surface area contributed by atoms with Gasteiger partial charge >= 0.3 is 5.97 Å². The van der Waals surface area contributed by atoms with Gasteiger partial charge in [-0.1, -0.05) is 0 Å². The average molecular weight is 240 g/mol. The van der Waals surface area contributed by atoms with Crippen molar-refractivity contribution in [3.8, 4) is 0 Å². The summed E-state index contributed by atoms with van der Waals surface area (Å²) < 4.78 is 0. The third kappa shape index (κ3) is 2.40. The molecule has 2 heterocycles. The van der Waals surface area contributed by atoms with Gasteiger partial charge in [0, 0.05) is 30.8 Å². The molecule has 0 radical (unpaired) electrons. The molecule has 2 N–H and O–H groups in total. The number of carboxylic acids is 1. The van der Waals surface area contributed by atoms with E-state index in [-0.39, 0.29) is 5.91 Å². The zero-order chi connectivity index (χ0) is 11.5. The molecule has 1 aromatic heterocycles. The molecule has 0 spiro atoms. The Labute approximate surface area is 96.7 Å². The second-order valence-corrected chi connectivity index (χ2v) is 4.69. The van der Waals surface area contributed by atoms with Crippen LogP contribution in [0.25, 0.3) is 0 Å². The molecule has 1 saturated heterocycles. The van der Waals surface area contributed by atoms with E-state index < -0.39 is 5.97 Å². The van der Waals surface area contributed by atoms with Crippen LogP contribution in [0.2, 0.25) is 0 Å². The summed E-state index contributed by atoms with van der Waals surface area (Å²) >= 11 is 1.26. The minimum absolute atomic E-state index is 0.106. The van der Waals surface area contributed by atoms with Crippen LogP contribution in [-0.4, -0.2) is 35.1 Å². The van der Waals surface area contributed by atoms with Gasteiger partial charge in [0.2, 0.25) is 5.91 Å². The predicted molar refractivity (Wildman–Crippen MR) is 59.3 cm³/mol. The molecule has 5 nitrogen and oxygen atoms in total. The second-order valence-electron chi connectivity index (χ2n) is 3.52. The minimum atomic E-state index is -0.897. The fourth-order valence-corrected chi connectivity index (χ4v) is 2.41. The van der Waals surface area contributed by atoms with Gasteiger partial charge < -0.3 is 5.11 Å². The van der Waals surface area contributed by atoms with Crippen LogP contribution >= 0.6 is 11.3 Å². The molecule has 0 atom stereocenters. The molecule has 6 heteroatoms. The molecule has 1 aliphatic heterocycles. The molecule has 16 heavy (non-hydrogen) atoms. The Bertz CT molecular complexity index is 416. The number of thiophene rings is 1. The number of nitrogens with zero attached hydrogens (tertiary/aromatic N) is 1. The lowest BCUT2D eigenvalue weighted by Gasteiger charge is -2.14. The summed E-state index contributed by atoms with van der Waals surface area (Å²) in [6.45, 7) is 1.29. The Morgan fingerprint density at radius 1 is 1.56 bits per heavy atom. The van der Waals surface area contributed by atoms with Gasteiger partial charge in [0.1, 0.15) is 4.88 Å². The summed E-state index contributed by atoms with van der Waals surface area (Å²) in [7, 11) is 0. The van der Waals surface area contributed by atoms with E-state index in [4.69, 9.17) is 5.11 Å². The zero-order valence-corrected chi connectivity index (χ0v) is 9.42. The highest BCUT2D eigenvalue weighted by Crippen LogP contribution is 2.17. The normalized spacial score (nSPS) is 15.8. The van der Waals surface area contributed by atoms with Crippen molar-refractivity contribution in [2.24, 2.45) is 0 Å².